The summed E-state index contributed by atoms with van der Waals surface area (Å²) >= 11 is 1.85. The quantitative estimate of drug-likeness (QED) is 0.307. The number of anilines is 2. The number of piperazine rings is 1. The fraction of sp³-hybridized carbons (Fsp3) is 0.560. The van der Waals surface area contributed by atoms with Gasteiger partial charge >= 0.3 is 0 Å². The van der Waals surface area contributed by atoms with Crippen LogP contribution in [0.25, 0.3) is 0 Å². The molecule has 0 unspecified atom stereocenters. The molecular formula is C25H38Cl3N5S. The molecule has 9 heteroatoms. The SMILES string of the molecule is [Cl-].[Cl-].[Cl-].c1ccc2c(c1)Sc1cccnc1N2CCC[NH+]1CC[NH+](CCC[NH+]2CCCC2)CC1. The number of aromatic nitrogens is 1. The van der Waals surface area contributed by atoms with Gasteiger partial charge in [0.05, 0.1) is 43.3 Å². The molecule has 190 valence electrons. The first-order valence-electron chi connectivity index (χ1n) is 12.4. The van der Waals surface area contributed by atoms with Crippen LogP contribution < -0.4 is 56.8 Å². The molecule has 3 N–H and O–H groups in total. The van der Waals surface area contributed by atoms with Gasteiger partial charge in [-0.3, -0.25) is 0 Å². The van der Waals surface area contributed by atoms with Crippen molar-refractivity contribution >= 4 is 23.3 Å². The van der Waals surface area contributed by atoms with E-state index in [9.17, 15) is 0 Å². The van der Waals surface area contributed by atoms with E-state index in [0.717, 1.165) is 12.4 Å². The smallest absolute Gasteiger partial charge is 0.147 e. The molecule has 3 aliphatic heterocycles. The number of nitrogens with one attached hydrogen (secondary N) is 3. The van der Waals surface area contributed by atoms with Crippen molar-refractivity contribution in [3.63, 3.8) is 0 Å². The van der Waals surface area contributed by atoms with Crippen LogP contribution in [0.5, 0.6) is 0 Å². The molecule has 0 spiro atoms. The van der Waals surface area contributed by atoms with Gasteiger partial charge in [0, 0.05) is 43.3 Å². The summed E-state index contributed by atoms with van der Waals surface area (Å²) in [5, 5.41) is 0. The minimum Gasteiger partial charge on any atom is -1.00 e. The van der Waals surface area contributed by atoms with Crippen LogP contribution in [0.4, 0.5) is 11.5 Å². The van der Waals surface area contributed by atoms with E-state index >= 15 is 0 Å². The molecule has 0 radical (unpaired) electrons. The molecule has 5 nitrogen and oxygen atoms in total. The van der Waals surface area contributed by atoms with Gasteiger partial charge in [-0.25, -0.2) is 4.98 Å². The van der Waals surface area contributed by atoms with E-state index in [1.807, 2.05) is 27.8 Å². The van der Waals surface area contributed by atoms with Gasteiger partial charge in [-0.1, -0.05) is 23.9 Å². The lowest BCUT2D eigenvalue weighted by atomic mass is 10.2. The van der Waals surface area contributed by atoms with E-state index in [-0.39, 0.29) is 37.2 Å². The maximum Gasteiger partial charge on any atom is 0.147 e. The summed E-state index contributed by atoms with van der Waals surface area (Å²) < 4.78 is 0. The molecule has 0 amide bonds. The maximum absolute atomic E-state index is 4.73. The van der Waals surface area contributed by atoms with Crippen molar-refractivity contribution in [3.8, 4) is 0 Å². The first-order chi connectivity index (χ1) is 15.4. The second-order valence-electron chi connectivity index (χ2n) is 9.46. The Morgan fingerprint density at radius 2 is 1.29 bits per heavy atom. The van der Waals surface area contributed by atoms with Crippen LogP contribution in [0, 0.1) is 0 Å². The molecule has 2 fully saturated rings. The average molecular weight is 547 g/mol. The Kier molecular flexibility index (Phi) is 12.8. The standard InChI is InChI=1S/C25H35N5S.3ClH/c1-2-9-23-22(8-1)30(25-24(31-23)10-5-11-26-25)17-7-16-29-20-18-28(19-21-29)15-6-14-27-12-3-4-13-27;;;/h1-2,5,8-11H,3-4,6-7,12-21H2;3*1H. The second-order valence-corrected chi connectivity index (χ2v) is 10.5. The molecule has 4 heterocycles. The molecular weight excluding hydrogens is 509 g/mol. The number of benzene rings is 1. The van der Waals surface area contributed by atoms with Gasteiger partial charge in [0.1, 0.15) is 32.0 Å². The first kappa shape index (κ1) is 29.5. The summed E-state index contributed by atoms with van der Waals surface area (Å²) in [6.45, 7) is 13.4. The molecule has 1 aromatic heterocycles. The molecule has 0 aliphatic carbocycles. The predicted molar refractivity (Wildman–Crippen MR) is 127 cm³/mol. The maximum atomic E-state index is 4.73. The Balaban J connectivity index is 0.00000136. The zero-order chi connectivity index (χ0) is 20.9. The Labute approximate surface area is 227 Å². The largest absolute Gasteiger partial charge is 1.00 e. The lowest BCUT2D eigenvalue weighted by Gasteiger charge is -2.33. The van der Waals surface area contributed by atoms with Crippen molar-refractivity contribution < 1.29 is 51.9 Å². The predicted octanol–water partition coefficient (Wildman–Crippen LogP) is -9.06. The second kappa shape index (κ2) is 14.7. The Morgan fingerprint density at radius 1 is 0.706 bits per heavy atom. The van der Waals surface area contributed by atoms with E-state index in [4.69, 9.17) is 4.98 Å². The topological polar surface area (TPSA) is 29.5 Å². The van der Waals surface area contributed by atoms with Crippen LogP contribution in [-0.2, 0) is 0 Å². The number of likely N-dealkylation sites (tertiary alicyclic amines) is 1. The van der Waals surface area contributed by atoms with Gasteiger partial charge in [0.2, 0.25) is 0 Å². The Hall–Kier alpha value is -0.730. The van der Waals surface area contributed by atoms with Gasteiger partial charge in [0.25, 0.3) is 0 Å². The third kappa shape index (κ3) is 7.39. The highest BCUT2D eigenvalue weighted by Crippen LogP contribution is 2.46. The van der Waals surface area contributed by atoms with E-state index in [1.165, 1.54) is 100 Å². The Morgan fingerprint density at radius 3 is 2.00 bits per heavy atom. The normalized spacial score (nSPS) is 21.5. The molecule has 0 bridgehead atoms. The molecule has 34 heavy (non-hydrogen) atoms. The van der Waals surface area contributed by atoms with E-state index < -0.39 is 0 Å². The number of hydrogen-bond acceptors (Lipinski definition) is 3. The van der Waals surface area contributed by atoms with E-state index in [0.29, 0.717) is 0 Å². The van der Waals surface area contributed by atoms with Crippen LogP contribution in [0.15, 0.2) is 52.4 Å². The van der Waals surface area contributed by atoms with Gasteiger partial charge in [-0.05, 0) is 24.3 Å². The zero-order valence-corrected chi connectivity index (χ0v) is 23.0. The summed E-state index contributed by atoms with van der Waals surface area (Å²) in [6.07, 6.45) is 7.47. The minimum absolute atomic E-state index is 0. The fourth-order valence-corrected chi connectivity index (χ4v) is 6.61. The van der Waals surface area contributed by atoms with Gasteiger partial charge in [-0.15, -0.1) is 0 Å². The molecule has 2 aromatic rings. The number of hydrogen-bond donors (Lipinski definition) is 3. The summed E-state index contributed by atoms with van der Waals surface area (Å²) in [5.41, 5.74) is 1.32. The van der Waals surface area contributed by atoms with Crippen LogP contribution in [0.1, 0.15) is 25.7 Å². The number of fused-ring (bicyclic) bond motifs is 2. The number of quaternary nitrogens is 3. The highest BCUT2D eigenvalue weighted by Gasteiger charge is 2.26. The van der Waals surface area contributed by atoms with Gasteiger partial charge in [-0.2, -0.15) is 0 Å². The Bertz CT molecular complexity index is 814. The molecule has 1 aromatic carbocycles. The summed E-state index contributed by atoms with van der Waals surface area (Å²) in [7, 11) is 0. The zero-order valence-electron chi connectivity index (χ0n) is 19.9. The molecule has 0 atom stereocenters. The summed E-state index contributed by atoms with van der Waals surface area (Å²) in [6, 6.07) is 13.0. The van der Waals surface area contributed by atoms with Crippen molar-refractivity contribution in [2.75, 3.05) is 70.3 Å². The van der Waals surface area contributed by atoms with E-state index in [1.54, 1.807) is 4.90 Å². The number of para-hydroxylation sites is 1. The van der Waals surface area contributed by atoms with Gasteiger partial charge < -0.3 is 56.8 Å². The van der Waals surface area contributed by atoms with Gasteiger partial charge in [0.15, 0.2) is 0 Å². The fourth-order valence-electron chi connectivity index (χ4n) is 5.55. The number of pyridine rings is 1. The van der Waals surface area contributed by atoms with Crippen molar-refractivity contribution in [3.05, 3.63) is 42.6 Å². The highest BCUT2D eigenvalue weighted by molar-refractivity contribution is 7.99. The van der Waals surface area contributed by atoms with E-state index in [2.05, 4.69) is 41.3 Å². The number of nitrogens with zero attached hydrogens (tertiary/aromatic N) is 2. The summed E-state index contributed by atoms with van der Waals surface area (Å²) in [4.78, 5) is 15.3. The van der Waals surface area contributed by atoms with Crippen molar-refractivity contribution in [1.29, 1.82) is 0 Å². The molecule has 2 saturated heterocycles. The van der Waals surface area contributed by atoms with Crippen LogP contribution in [-0.4, -0.2) is 70.4 Å². The minimum atomic E-state index is 0. The number of halogens is 3. The third-order valence-electron chi connectivity index (χ3n) is 7.33. The van der Waals surface area contributed by atoms with Crippen molar-refractivity contribution in [2.45, 2.75) is 35.5 Å². The molecule has 5 rings (SSSR count). The van der Waals surface area contributed by atoms with Crippen molar-refractivity contribution in [1.82, 2.24) is 4.98 Å². The molecule has 3 aliphatic rings. The van der Waals surface area contributed by atoms with Crippen LogP contribution >= 0.6 is 11.8 Å². The van der Waals surface area contributed by atoms with Crippen molar-refractivity contribution in [2.24, 2.45) is 0 Å². The number of rotatable bonds is 8. The average Bonchev–Trinajstić information content (AvgIpc) is 3.33. The highest BCUT2D eigenvalue weighted by atomic mass is 35.5. The van der Waals surface area contributed by atoms with Crippen LogP contribution in [0.3, 0.4) is 0 Å². The molecule has 0 saturated carbocycles. The monoisotopic (exact) mass is 545 g/mol. The van der Waals surface area contributed by atoms with Crippen LogP contribution in [0.2, 0.25) is 0 Å². The summed E-state index contributed by atoms with van der Waals surface area (Å²) in [5.74, 6) is 1.13. The lowest BCUT2D eigenvalue weighted by molar-refractivity contribution is -1.01. The third-order valence-corrected chi connectivity index (χ3v) is 8.43. The lowest BCUT2D eigenvalue weighted by Crippen LogP contribution is -3.28. The first-order valence-corrected chi connectivity index (χ1v) is 13.2.